The Kier molecular flexibility index (Phi) is 8.68. The first kappa shape index (κ1) is 24.9. The first-order valence-electron chi connectivity index (χ1n) is 9.60. The van der Waals surface area contributed by atoms with Gasteiger partial charge in [-0.25, -0.2) is 0 Å². The highest BCUT2D eigenvalue weighted by molar-refractivity contribution is 5.80. The number of esters is 1. The van der Waals surface area contributed by atoms with Gasteiger partial charge in [0.1, 0.15) is 17.6 Å². The predicted octanol–water partition coefficient (Wildman–Crippen LogP) is 4.00. The van der Waals surface area contributed by atoms with Gasteiger partial charge in [-0.1, -0.05) is 44.2 Å². The second-order valence-corrected chi connectivity index (χ2v) is 8.40. The van der Waals surface area contributed by atoms with Crippen LogP contribution >= 0.6 is 0 Å². The fraction of sp³-hybridized carbons (Fsp3) is 0.619. The normalized spacial score (nSPS) is 15.5. The molecule has 0 saturated heterocycles. The number of hydrogen-bond donors (Lipinski definition) is 2. The van der Waals surface area contributed by atoms with E-state index in [1.54, 1.807) is 71.9 Å². The topological polar surface area (TPSA) is 67.4 Å². The quantitative estimate of drug-likeness (QED) is 0.629. The minimum absolute atomic E-state index is 0.315. The summed E-state index contributed by atoms with van der Waals surface area (Å²) < 4.78 is 45.9. The van der Waals surface area contributed by atoms with Crippen molar-refractivity contribution >= 4 is 11.9 Å². The molecule has 0 aliphatic rings. The van der Waals surface area contributed by atoms with Crippen molar-refractivity contribution in [1.29, 1.82) is 0 Å². The van der Waals surface area contributed by atoms with Crippen molar-refractivity contribution in [3.8, 4) is 0 Å². The van der Waals surface area contributed by atoms with Crippen LogP contribution in [0.25, 0.3) is 0 Å². The minimum Gasteiger partial charge on any atom is -0.459 e. The molecule has 0 radical (unpaired) electrons. The summed E-state index contributed by atoms with van der Waals surface area (Å²) in [6, 6.07) is 7.18. The summed E-state index contributed by atoms with van der Waals surface area (Å²) in [6.45, 7) is 9.33. The van der Waals surface area contributed by atoms with E-state index in [4.69, 9.17) is 4.74 Å². The summed E-state index contributed by atoms with van der Waals surface area (Å²) in [5.74, 6) is -4.40. The van der Waals surface area contributed by atoms with Gasteiger partial charge in [-0.05, 0) is 39.2 Å². The molecule has 1 amide bonds. The molecular formula is C21H31F3N2O3. The van der Waals surface area contributed by atoms with E-state index in [-0.39, 0.29) is 5.92 Å². The van der Waals surface area contributed by atoms with Crippen LogP contribution in [-0.2, 0) is 14.3 Å². The van der Waals surface area contributed by atoms with E-state index in [2.05, 4.69) is 10.6 Å². The highest BCUT2D eigenvalue weighted by Crippen LogP contribution is 2.27. The van der Waals surface area contributed by atoms with Gasteiger partial charge in [-0.15, -0.1) is 0 Å². The van der Waals surface area contributed by atoms with Crippen molar-refractivity contribution in [3.05, 3.63) is 35.9 Å². The molecule has 0 aromatic heterocycles. The summed E-state index contributed by atoms with van der Waals surface area (Å²) in [6.07, 6.45) is -4.76. The Morgan fingerprint density at radius 1 is 1.03 bits per heavy atom. The van der Waals surface area contributed by atoms with Gasteiger partial charge in [-0.3, -0.25) is 9.59 Å². The predicted molar refractivity (Wildman–Crippen MR) is 105 cm³/mol. The molecule has 0 bridgehead atoms. The van der Waals surface area contributed by atoms with Crippen LogP contribution in [0, 0.1) is 11.8 Å². The average molecular weight is 416 g/mol. The van der Waals surface area contributed by atoms with Gasteiger partial charge in [0.2, 0.25) is 5.91 Å². The molecule has 0 aliphatic carbocycles. The molecule has 29 heavy (non-hydrogen) atoms. The summed E-state index contributed by atoms with van der Waals surface area (Å²) in [5.41, 5.74) is -0.0683. The minimum atomic E-state index is -4.76. The molecule has 2 N–H and O–H groups in total. The Labute approximate surface area is 170 Å². The lowest BCUT2D eigenvalue weighted by Gasteiger charge is -2.29. The molecule has 0 spiro atoms. The molecule has 1 rings (SSSR count). The van der Waals surface area contributed by atoms with Crippen LogP contribution in [0.1, 0.15) is 53.1 Å². The molecule has 5 nitrogen and oxygen atoms in total. The Morgan fingerprint density at radius 2 is 1.59 bits per heavy atom. The van der Waals surface area contributed by atoms with E-state index in [0.717, 1.165) is 0 Å². The largest absolute Gasteiger partial charge is 0.459 e. The molecule has 0 fully saturated rings. The number of hydrogen-bond acceptors (Lipinski definition) is 4. The van der Waals surface area contributed by atoms with Crippen LogP contribution in [0.5, 0.6) is 0 Å². The van der Waals surface area contributed by atoms with Crippen LogP contribution in [-0.4, -0.2) is 36.2 Å². The SMILES string of the molecule is CC(C)[C@H](NC[C@@H](C(=O)N[C@@H](C)c1ccccc1)C(F)(F)F)C(=O)OC(C)(C)C. The number of rotatable bonds is 8. The van der Waals surface area contributed by atoms with Crippen LogP contribution < -0.4 is 10.6 Å². The second kappa shape index (κ2) is 10.1. The molecule has 0 heterocycles. The van der Waals surface area contributed by atoms with Gasteiger partial charge in [0.05, 0.1) is 6.04 Å². The Morgan fingerprint density at radius 3 is 2.03 bits per heavy atom. The van der Waals surface area contributed by atoms with Crippen molar-refractivity contribution in [1.82, 2.24) is 10.6 Å². The summed E-state index contributed by atoms with van der Waals surface area (Å²) in [4.78, 5) is 24.7. The maximum atomic E-state index is 13.5. The fourth-order valence-corrected chi connectivity index (χ4v) is 2.70. The lowest BCUT2D eigenvalue weighted by Crippen LogP contribution is -2.51. The molecule has 1 aromatic rings. The van der Waals surface area contributed by atoms with Crippen molar-refractivity contribution in [3.63, 3.8) is 0 Å². The number of ether oxygens (including phenoxy) is 1. The van der Waals surface area contributed by atoms with Gasteiger partial charge in [0.25, 0.3) is 0 Å². The van der Waals surface area contributed by atoms with E-state index < -0.39 is 48.2 Å². The van der Waals surface area contributed by atoms with Crippen molar-refractivity contribution in [2.45, 2.75) is 65.4 Å². The highest BCUT2D eigenvalue weighted by atomic mass is 19.4. The third-order valence-corrected chi connectivity index (χ3v) is 4.24. The van der Waals surface area contributed by atoms with Crippen LogP contribution in [0.2, 0.25) is 0 Å². The molecule has 3 atom stereocenters. The number of nitrogens with one attached hydrogen (secondary N) is 2. The molecule has 1 aromatic carbocycles. The lowest BCUT2D eigenvalue weighted by molar-refractivity contribution is -0.183. The average Bonchev–Trinajstić information content (AvgIpc) is 2.56. The zero-order valence-electron chi connectivity index (χ0n) is 17.8. The monoisotopic (exact) mass is 416 g/mol. The number of amides is 1. The Hall–Kier alpha value is -2.09. The van der Waals surface area contributed by atoms with E-state index >= 15 is 0 Å². The smallest absolute Gasteiger partial charge is 0.401 e. The van der Waals surface area contributed by atoms with Gasteiger partial charge >= 0.3 is 12.1 Å². The molecule has 0 saturated carbocycles. The van der Waals surface area contributed by atoms with Gasteiger partial charge in [0.15, 0.2) is 0 Å². The number of benzene rings is 1. The third-order valence-electron chi connectivity index (χ3n) is 4.24. The fourth-order valence-electron chi connectivity index (χ4n) is 2.70. The molecule has 0 unspecified atom stereocenters. The van der Waals surface area contributed by atoms with Crippen LogP contribution in [0.3, 0.4) is 0 Å². The first-order chi connectivity index (χ1) is 13.2. The molecular weight excluding hydrogens is 385 g/mol. The Bertz CT molecular complexity index is 670. The highest BCUT2D eigenvalue weighted by Gasteiger charge is 2.45. The van der Waals surface area contributed by atoms with E-state index in [0.29, 0.717) is 5.56 Å². The van der Waals surface area contributed by atoms with E-state index in [1.807, 2.05) is 0 Å². The molecule has 8 heteroatoms. The standard InChI is InChI=1S/C21H31F3N2O3/c1-13(2)17(19(28)29-20(4,5)6)25-12-16(21(22,23)24)18(27)26-14(3)15-10-8-7-9-11-15/h7-11,13-14,16-17,25H,12H2,1-6H3,(H,26,27)/t14-,16-,17-/m0/s1. The van der Waals surface area contributed by atoms with E-state index in [1.165, 1.54) is 0 Å². The maximum absolute atomic E-state index is 13.5. The summed E-state index contributed by atoms with van der Waals surface area (Å²) in [7, 11) is 0. The van der Waals surface area contributed by atoms with Gasteiger partial charge in [-0.2, -0.15) is 13.2 Å². The molecule has 0 aliphatic heterocycles. The molecule has 164 valence electrons. The summed E-state index contributed by atoms with van der Waals surface area (Å²) in [5, 5.41) is 4.99. The van der Waals surface area contributed by atoms with Gasteiger partial charge in [0, 0.05) is 6.54 Å². The van der Waals surface area contributed by atoms with Gasteiger partial charge < -0.3 is 15.4 Å². The number of halogens is 3. The van der Waals surface area contributed by atoms with Crippen molar-refractivity contribution in [2.75, 3.05) is 6.54 Å². The summed E-state index contributed by atoms with van der Waals surface area (Å²) >= 11 is 0. The zero-order valence-corrected chi connectivity index (χ0v) is 17.8. The van der Waals surface area contributed by atoms with Crippen LogP contribution in [0.4, 0.5) is 13.2 Å². The maximum Gasteiger partial charge on any atom is 0.401 e. The second-order valence-electron chi connectivity index (χ2n) is 8.40. The number of carbonyl (C=O) groups excluding carboxylic acids is 2. The first-order valence-corrected chi connectivity index (χ1v) is 9.60. The Balaban J connectivity index is 2.87. The van der Waals surface area contributed by atoms with E-state index in [9.17, 15) is 22.8 Å². The third kappa shape index (κ3) is 8.43. The van der Waals surface area contributed by atoms with Crippen LogP contribution in [0.15, 0.2) is 30.3 Å². The zero-order chi connectivity index (χ0) is 22.4. The van der Waals surface area contributed by atoms with Crippen molar-refractivity contribution < 1.29 is 27.5 Å². The number of carbonyl (C=O) groups is 2. The van der Waals surface area contributed by atoms with Crippen molar-refractivity contribution in [2.24, 2.45) is 11.8 Å². The number of alkyl halides is 3. The lowest BCUT2D eigenvalue weighted by atomic mass is 10.0.